The second kappa shape index (κ2) is 6.95. The minimum Gasteiger partial charge on any atom is -0.496 e. The van der Waals surface area contributed by atoms with Crippen molar-refractivity contribution in [1.82, 2.24) is 4.90 Å². The van der Waals surface area contributed by atoms with Crippen LogP contribution in [-0.4, -0.2) is 42.7 Å². The average Bonchev–Trinajstić information content (AvgIpc) is 2.49. The van der Waals surface area contributed by atoms with Crippen molar-refractivity contribution >= 4 is 40.1 Å². The monoisotopic (exact) mass is 409 g/mol. The van der Waals surface area contributed by atoms with E-state index >= 15 is 0 Å². The van der Waals surface area contributed by atoms with Crippen molar-refractivity contribution < 1.29 is 14.6 Å². The summed E-state index contributed by atoms with van der Waals surface area (Å²) in [5.41, 5.74) is 0.500. The number of likely N-dealkylation sites (tertiary alicyclic amines) is 1. The number of amides is 1. The Morgan fingerprint density at radius 2 is 2.15 bits per heavy atom. The first-order valence-corrected chi connectivity index (χ1v) is 7.95. The number of halogens is 2. The molecule has 0 bridgehead atoms. The fourth-order valence-electron chi connectivity index (χ4n) is 2.35. The number of hydrogen-bond acceptors (Lipinski definition) is 3. The van der Waals surface area contributed by atoms with E-state index in [0.717, 1.165) is 16.4 Å². The zero-order valence-electron chi connectivity index (χ0n) is 11.2. The molecule has 0 saturated carbocycles. The fourth-order valence-corrected chi connectivity index (χ4v) is 2.96. The Kier molecular flexibility index (Phi) is 5.51. The molecule has 1 saturated heterocycles. The highest BCUT2D eigenvalue weighted by molar-refractivity contribution is 14.1. The van der Waals surface area contributed by atoms with Crippen molar-refractivity contribution in [2.45, 2.75) is 12.8 Å². The van der Waals surface area contributed by atoms with Crippen LogP contribution in [0.5, 0.6) is 5.75 Å². The van der Waals surface area contributed by atoms with Gasteiger partial charge in [-0.1, -0.05) is 11.6 Å². The van der Waals surface area contributed by atoms with Gasteiger partial charge in [-0.2, -0.15) is 0 Å². The van der Waals surface area contributed by atoms with E-state index in [1.807, 2.05) is 0 Å². The maximum absolute atomic E-state index is 12.6. The van der Waals surface area contributed by atoms with Gasteiger partial charge in [-0.3, -0.25) is 4.79 Å². The number of ether oxygens (including phenoxy) is 1. The molecule has 1 amide bonds. The molecule has 0 aromatic heterocycles. The number of piperidine rings is 1. The molecule has 110 valence electrons. The van der Waals surface area contributed by atoms with Crippen molar-refractivity contribution in [2.75, 3.05) is 26.8 Å². The van der Waals surface area contributed by atoms with Crippen LogP contribution in [0.2, 0.25) is 5.02 Å². The smallest absolute Gasteiger partial charge is 0.257 e. The first kappa shape index (κ1) is 15.9. The van der Waals surface area contributed by atoms with Crippen LogP contribution >= 0.6 is 34.2 Å². The van der Waals surface area contributed by atoms with Crippen molar-refractivity contribution in [3.8, 4) is 5.75 Å². The molecular weight excluding hydrogens is 393 g/mol. The van der Waals surface area contributed by atoms with Gasteiger partial charge in [0.2, 0.25) is 0 Å². The summed E-state index contributed by atoms with van der Waals surface area (Å²) in [6, 6.07) is 3.44. The van der Waals surface area contributed by atoms with E-state index in [2.05, 4.69) is 22.6 Å². The van der Waals surface area contributed by atoms with Crippen LogP contribution in [0.15, 0.2) is 12.1 Å². The maximum Gasteiger partial charge on any atom is 0.257 e. The molecule has 1 aliphatic rings. The van der Waals surface area contributed by atoms with Gasteiger partial charge < -0.3 is 14.7 Å². The predicted molar refractivity (Wildman–Crippen MR) is 86.4 cm³/mol. The Hall–Kier alpha value is -0.530. The van der Waals surface area contributed by atoms with E-state index in [1.165, 1.54) is 0 Å². The molecule has 0 radical (unpaired) electrons. The number of carbonyl (C=O) groups excluding carboxylic acids is 1. The third kappa shape index (κ3) is 3.38. The number of aliphatic hydroxyl groups is 1. The Morgan fingerprint density at radius 1 is 1.50 bits per heavy atom. The van der Waals surface area contributed by atoms with Crippen molar-refractivity contribution in [1.29, 1.82) is 0 Å². The molecule has 2 rings (SSSR count). The number of carbonyl (C=O) groups is 1. The molecule has 4 nitrogen and oxygen atoms in total. The van der Waals surface area contributed by atoms with Crippen molar-refractivity contribution in [3.05, 3.63) is 26.3 Å². The molecule has 1 fully saturated rings. The zero-order chi connectivity index (χ0) is 14.7. The third-order valence-electron chi connectivity index (χ3n) is 3.63. The molecule has 0 unspecified atom stereocenters. The van der Waals surface area contributed by atoms with Crippen LogP contribution in [0.25, 0.3) is 0 Å². The summed E-state index contributed by atoms with van der Waals surface area (Å²) < 4.78 is 6.14. The molecule has 1 aromatic carbocycles. The van der Waals surface area contributed by atoms with E-state index in [-0.39, 0.29) is 12.5 Å². The standard InChI is InChI=1S/C14H17ClINO3/c1-20-13-7-12(16)11(15)6-10(13)14(19)17-4-2-9(8-18)3-5-17/h6-7,9,18H,2-5,8H2,1H3. The van der Waals surface area contributed by atoms with Crippen LogP contribution in [-0.2, 0) is 0 Å². The first-order chi connectivity index (χ1) is 9.56. The maximum atomic E-state index is 12.6. The highest BCUT2D eigenvalue weighted by Gasteiger charge is 2.25. The summed E-state index contributed by atoms with van der Waals surface area (Å²) >= 11 is 8.22. The lowest BCUT2D eigenvalue weighted by molar-refractivity contribution is 0.0647. The normalized spacial score (nSPS) is 16.3. The van der Waals surface area contributed by atoms with E-state index < -0.39 is 0 Å². The Balaban J connectivity index is 2.19. The van der Waals surface area contributed by atoms with Crippen LogP contribution in [0.3, 0.4) is 0 Å². The van der Waals surface area contributed by atoms with Gasteiger partial charge >= 0.3 is 0 Å². The number of benzene rings is 1. The van der Waals surface area contributed by atoms with Gasteiger partial charge in [0.05, 0.1) is 17.7 Å². The van der Waals surface area contributed by atoms with Gasteiger partial charge in [-0.15, -0.1) is 0 Å². The second-order valence-electron chi connectivity index (χ2n) is 4.88. The van der Waals surface area contributed by atoms with Crippen LogP contribution in [0.4, 0.5) is 0 Å². The highest BCUT2D eigenvalue weighted by Crippen LogP contribution is 2.30. The fraction of sp³-hybridized carbons (Fsp3) is 0.500. The number of aliphatic hydroxyl groups excluding tert-OH is 1. The van der Waals surface area contributed by atoms with E-state index in [0.29, 0.717) is 35.3 Å². The van der Waals surface area contributed by atoms with Crippen molar-refractivity contribution in [2.24, 2.45) is 5.92 Å². The summed E-state index contributed by atoms with van der Waals surface area (Å²) in [5, 5.41) is 9.70. The van der Waals surface area contributed by atoms with Gasteiger partial charge in [0.15, 0.2) is 0 Å². The molecule has 1 heterocycles. The summed E-state index contributed by atoms with van der Waals surface area (Å²) in [7, 11) is 1.55. The quantitative estimate of drug-likeness (QED) is 0.781. The van der Waals surface area contributed by atoms with Gasteiger partial charge in [-0.05, 0) is 53.5 Å². The molecular formula is C14H17ClINO3. The minimum atomic E-state index is -0.0588. The SMILES string of the molecule is COc1cc(I)c(Cl)cc1C(=O)N1CCC(CO)CC1. The predicted octanol–water partition coefficient (Wildman–Crippen LogP) is 2.80. The van der Waals surface area contributed by atoms with Gasteiger partial charge in [0, 0.05) is 23.3 Å². The Morgan fingerprint density at radius 3 is 2.70 bits per heavy atom. The Labute approximate surface area is 137 Å². The molecule has 20 heavy (non-hydrogen) atoms. The van der Waals surface area contributed by atoms with E-state index in [1.54, 1.807) is 24.1 Å². The van der Waals surface area contributed by atoms with Gasteiger partial charge in [0.1, 0.15) is 5.75 Å². The number of nitrogens with zero attached hydrogens (tertiary/aromatic N) is 1. The summed E-state index contributed by atoms with van der Waals surface area (Å²) in [6.45, 7) is 1.52. The summed E-state index contributed by atoms with van der Waals surface area (Å²) in [5.74, 6) is 0.797. The van der Waals surface area contributed by atoms with Gasteiger partial charge in [0.25, 0.3) is 5.91 Å². The number of rotatable bonds is 3. The molecule has 0 aliphatic carbocycles. The summed E-state index contributed by atoms with van der Waals surface area (Å²) in [4.78, 5) is 14.4. The number of methoxy groups -OCH3 is 1. The average molecular weight is 410 g/mol. The largest absolute Gasteiger partial charge is 0.496 e. The lowest BCUT2D eigenvalue weighted by atomic mass is 9.97. The van der Waals surface area contributed by atoms with Gasteiger partial charge in [-0.25, -0.2) is 0 Å². The van der Waals surface area contributed by atoms with Crippen LogP contribution < -0.4 is 4.74 Å². The summed E-state index contributed by atoms with van der Waals surface area (Å²) in [6.07, 6.45) is 1.67. The molecule has 6 heteroatoms. The van der Waals surface area contributed by atoms with E-state index in [4.69, 9.17) is 21.4 Å². The molecule has 0 spiro atoms. The van der Waals surface area contributed by atoms with Crippen molar-refractivity contribution in [3.63, 3.8) is 0 Å². The molecule has 1 N–H and O–H groups in total. The zero-order valence-corrected chi connectivity index (χ0v) is 14.1. The third-order valence-corrected chi connectivity index (χ3v) is 5.16. The molecule has 0 atom stereocenters. The lowest BCUT2D eigenvalue weighted by Gasteiger charge is -2.31. The lowest BCUT2D eigenvalue weighted by Crippen LogP contribution is -2.39. The second-order valence-corrected chi connectivity index (χ2v) is 6.45. The Bertz CT molecular complexity index is 501. The van der Waals surface area contributed by atoms with Crippen LogP contribution in [0.1, 0.15) is 23.2 Å². The number of hydrogen-bond donors (Lipinski definition) is 1. The minimum absolute atomic E-state index is 0.0588. The molecule has 1 aliphatic heterocycles. The molecule has 1 aromatic rings. The van der Waals surface area contributed by atoms with E-state index in [9.17, 15) is 4.79 Å². The van der Waals surface area contributed by atoms with Crippen LogP contribution in [0, 0.1) is 9.49 Å². The highest BCUT2D eigenvalue weighted by atomic mass is 127. The first-order valence-electron chi connectivity index (χ1n) is 6.50. The topological polar surface area (TPSA) is 49.8 Å².